The largest absolute Gasteiger partial charge is 0.482 e. The number of ether oxygens (including phenoxy) is 1. The van der Waals surface area contributed by atoms with Gasteiger partial charge in [0.25, 0.3) is 5.89 Å². The van der Waals surface area contributed by atoms with Crippen molar-refractivity contribution in [3.63, 3.8) is 0 Å². The first-order chi connectivity index (χ1) is 9.95. The molecule has 0 bridgehead atoms. The van der Waals surface area contributed by atoms with Crippen LogP contribution < -0.4 is 10.5 Å². The van der Waals surface area contributed by atoms with E-state index in [0.29, 0.717) is 23.9 Å². The molecule has 21 heavy (non-hydrogen) atoms. The number of rotatable bonds is 6. The molecule has 0 aliphatic heterocycles. The molecule has 0 radical (unpaired) electrons. The highest BCUT2D eigenvalue weighted by Crippen LogP contribution is 2.20. The van der Waals surface area contributed by atoms with E-state index in [9.17, 15) is 0 Å². The van der Waals surface area contributed by atoms with Crippen LogP contribution in [0.5, 0.6) is 5.75 Å². The summed E-state index contributed by atoms with van der Waals surface area (Å²) in [5.41, 5.74) is 7.65. The third-order valence-electron chi connectivity index (χ3n) is 2.94. The Morgan fingerprint density at radius 2 is 2.00 bits per heavy atom. The lowest BCUT2D eigenvalue weighted by molar-refractivity contribution is 0.239. The second-order valence-corrected chi connectivity index (χ2v) is 5.57. The van der Waals surface area contributed by atoms with Gasteiger partial charge in [0.1, 0.15) is 5.75 Å². The van der Waals surface area contributed by atoms with E-state index >= 15 is 0 Å². The second kappa shape index (κ2) is 6.67. The molecular weight excluding hydrogens is 268 g/mol. The summed E-state index contributed by atoms with van der Waals surface area (Å²) in [5, 5.41) is 3.91. The molecule has 2 aromatic heterocycles. The van der Waals surface area contributed by atoms with Gasteiger partial charge in [0.05, 0.1) is 5.69 Å². The average molecular weight is 290 g/mol. The van der Waals surface area contributed by atoms with Crippen LogP contribution in [-0.4, -0.2) is 21.2 Å². The number of hydrogen-bond acceptors (Lipinski definition) is 6. The first-order valence-electron chi connectivity index (χ1n) is 7.13. The molecule has 0 aromatic carbocycles. The summed E-state index contributed by atoms with van der Waals surface area (Å²) in [7, 11) is 0. The highest BCUT2D eigenvalue weighted by atomic mass is 16.5. The molecule has 6 heteroatoms. The normalized spacial score (nSPS) is 12.7. The van der Waals surface area contributed by atoms with Crippen molar-refractivity contribution in [3.8, 4) is 5.75 Å². The summed E-state index contributed by atoms with van der Waals surface area (Å²) < 4.78 is 10.9. The van der Waals surface area contributed by atoms with Crippen molar-refractivity contribution in [1.29, 1.82) is 0 Å². The lowest BCUT2D eigenvalue weighted by Crippen LogP contribution is -2.19. The molecule has 0 saturated carbocycles. The topological polar surface area (TPSA) is 87.1 Å². The first kappa shape index (κ1) is 15.4. The summed E-state index contributed by atoms with van der Waals surface area (Å²) in [6.45, 7) is 8.15. The Morgan fingerprint density at radius 3 is 2.62 bits per heavy atom. The van der Waals surface area contributed by atoms with Crippen LogP contribution in [0, 0.1) is 6.92 Å². The number of pyridine rings is 1. The second-order valence-electron chi connectivity index (χ2n) is 5.57. The predicted octanol–water partition coefficient (Wildman–Crippen LogP) is 2.37. The van der Waals surface area contributed by atoms with Crippen molar-refractivity contribution in [2.75, 3.05) is 0 Å². The molecule has 1 unspecified atom stereocenters. The van der Waals surface area contributed by atoms with Crippen LogP contribution in [0.15, 0.2) is 16.7 Å². The SMILES string of the molecule is Cc1ccc(OCc2nc(C(C)C)no2)c(CC(C)N)n1. The number of aryl methyl sites for hydroxylation is 1. The van der Waals surface area contributed by atoms with Gasteiger partial charge in [-0.25, -0.2) is 0 Å². The number of aromatic nitrogens is 3. The summed E-state index contributed by atoms with van der Waals surface area (Å²) >= 11 is 0. The Kier molecular flexibility index (Phi) is 4.90. The quantitative estimate of drug-likeness (QED) is 0.878. The van der Waals surface area contributed by atoms with Crippen LogP contribution in [0.1, 0.15) is 49.8 Å². The molecule has 0 aliphatic rings. The summed E-state index contributed by atoms with van der Waals surface area (Å²) in [5.74, 6) is 2.09. The fraction of sp³-hybridized carbons (Fsp3) is 0.533. The molecule has 6 nitrogen and oxygen atoms in total. The van der Waals surface area contributed by atoms with E-state index in [1.807, 2.05) is 39.8 Å². The molecule has 2 heterocycles. The fourth-order valence-corrected chi connectivity index (χ4v) is 1.88. The Labute approximate surface area is 124 Å². The van der Waals surface area contributed by atoms with Gasteiger partial charge in [0.2, 0.25) is 0 Å². The van der Waals surface area contributed by atoms with Gasteiger partial charge in [-0.05, 0) is 26.0 Å². The molecule has 2 N–H and O–H groups in total. The standard InChI is InChI=1S/C15H22N4O2/c1-9(2)15-18-14(21-19-15)8-20-13-6-5-11(4)17-12(13)7-10(3)16/h5-6,9-10H,7-8,16H2,1-4H3. The zero-order chi connectivity index (χ0) is 15.4. The summed E-state index contributed by atoms with van der Waals surface area (Å²) in [6.07, 6.45) is 0.665. The third-order valence-corrected chi connectivity index (χ3v) is 2.94. The molecule has 0 saturated heterocycles. The van der Waals surface area contributed by atoms with Gasteiger partial charge in [0, 0.05) is 24.1 Å². The van der Waals surface area contributed by atoms with Gasteiger partial charge in [-0.3, -0.25) is 4.98 Å². The van der Waals surface area contributed by atoms with E-state index in [-0.39, 0.29) is 18.6 Å². The minimum atomic E-state index is 0.0256. The molecule has 0 spiro atoms. The Hall–Kier alpha value is -1.95. The van der Waals surface area contributed by atoms with Crippen LogP contribution in [0.25, 0.3) is 0 Å². The minimum absolute atomic E-state index is 0.0256. The zero-order valence-electron chi connectivity index (χ0n) is 13.0. The van der Waals surface area contributed by atoms with E-state index in [1.165, 1.54) is 0 Å². The van der Waals surface area contributed by atoms with Gasteiger partial charge in [0.15, 0.2) is 12.4 Å². The van der Waals surface area contributed by atoms with Crippen molar-refractivity contribution < 1.29 is 9.26 Å². The minimum Gasteiger partial charge on any atom is -0.482 e. The molecule has 1 atom stereocenters. The van der Waals surface area contributed by atoms with Crippen molar-refractivity contribution in [1.82, 2.24) is 15.1 Å². The Balaban J connectivity index is 2.08. The van der Waals surface area contributed by atoms with Crippen LogP contribution >= 0.6 is 0 Å². The molecule has 2 aromatic rings. The highest BCUT2D eigenvalue weighted by Gasteiger charge is 2.12. The van der Waals surface area contributed by atoms with Crippen LogP contribution in [-0.2, 0) is 13.0 Å². The van der Waals surface area contributed by atoms with Crippen LogP contribution in [0.4, 0.5) is 0 Å². The molecule has 0 aliphatic carbocycles. The van der Waals surface area contributed by atoms with E-state index in [2.05, 4.69) is 15.1 Å². The van der Waals surface area contributed by atoms with Gasteiger partial charge in [-0.1, -0.05) is 19.0 Å². The maximum Gasteiger partial charge on any atom is 0.264 e. The molecule has 0 fully saturated rings. The smallest absolute Gasteiger partial charge is 0.264 e. The fourth-order valence-electron chi connectivity index (χ4n) is 1.88. The van der Waals surface area contributed by atoms with Crippen molar-refractivity contribution in [2.45, 2.75) is 52.7 Å². The van der Waals surface area contributed by atoms with Crippen molar-refractivity contribution in [3.05, 3.63) is 35.2 Å². The predicted molar refractivity (Wildman–Crippen MR) is 79.0 cm³/mol. The average Bonchev–Trinajstić information content (AvgIpc) is 2.86. The lowest BCUT2D eigenvalue weighted by Gasteiger charge is -2.11. The van der Waals surface area contributed by atoms with Crippen LogP contribution in [0.2, 0.25) is 0 Å². The Morgan fingerprint density at radius 1 is 1.24 bits per heavy atom. The zero-order valence-corrected chi connectivity index (χ0v) is 13.0. The van der Waals surface area contributed by atoms with Crippen LogP contribution in [0.3, 0.4) is 0 Å². The maximum absolute atomic E-state index is 5.85. The first-order valence-corrected chi connectivity index (χ1v) is 7.13. The number of nitrogens with zero attached hydrogens (tertiary/aromatic N) is 3. The lowest BCUT2D eigenvalue weighted by atomic mass is 10.1. The van der Waals surface area contributed by atoms with Crippen molar-refractivity contribution in [2.24, 2.45) is 5.73 Å². The Bertz CT molecular complexity index is 593. The van der Waals surface area contributed by atoms with Crippen molar-refractivity contribution >= 4 is 0 Å². The number of nitrogens with two attached hydrogens (primary N) is 1. The molecular formula is C15H22N4O2. The maximum atomic E-state index is 5.85. The van der Waals surface area contributed by atoms with E-state index in [4.69, 9.17) is 15.0 Å². The molecule has 2 rings (SSSR count). The van der Waals surface area contributed by atoms with Gasteiger partial charge in [-0.15, -0.1) is 0 Å². The van der Waals surface area contributed by atoms with Gasteiger partial charge >= 0.3 is 0 Å². The highest BCUT2D eigenvalue weighted by molar-refractivity contribution is 5.30. The van der Waals surface area contributed by atoms with Gasteiger partial charge < -0.3 is 15.0 Å². The van der Waals surface area contributed by atoms with E-state index in [0.717, 1.165) is 11.4 Å². The third kappa shape index (κ3) is 4.26. The molecule has 0 amide bonds. The van der Waals surface area contributed by atoms with Gasteiger partial charge in [-0.2, -0.15) is 4.98 Å². The molecule has 114 valence electrons. The monoisotopic (exact) mass is 290 g/mol. The number of hydrogen-bond donors (Lipinski definition) is 1. The summed E-state index contributed by atoms with van der Waals surface area (Å²) in [6, 6.07) is 3.84. The van der Waals surface area contributed by atoms with E-state index < -0.39 is 0 Å². The summed E-state index contributed by atoms with van der Waals surface area (Å²) in [4.78, 5) is 8.77. The van der Waals surface area contributed by atoms with E-state index in [1.54, 1.807) is 0 Å².